The van der Waals surface area contributed by atoms with E-state index in [1.54, 1.807) is 56.6 Å². The SMILES string of the molecule is CC(=O)C1=C(O)[C@@]2(O)C(=O)C3=C(O)c4c(O)ccc(-c5cccc(C(=O)NCc6ccco6)c5)c4C[C@H]3C[C@H]2[C@H](N(C)C)C1=O. The maximum absolute atomic E-state index is 14.1. The van der Waals surface area contributed by atoms with Crippen LogP contribution < -0.4 is 5.32 Å². The number of phenols is 1. The number of Topliss-reactive ketones (excluding diaryl/α,β-unsaturated/α-hetero) is 3. The van der Waals surface area contributed by atoms with Crippen LogP contribution >= 0.6 is 0 Å². The van der Waals surface area contributed by atoms with E-state index in [1.807, 2.05) is 0 Å². The Morgan fingerprint density at radius 1 is 1.07 bits per heavy atom. The second kappa shape index (κ2) is 10.9. The van der Waals surface area contributed by atoms with E-state index >= 15 is 0 Å². The lowest BCUT2D eigenvalue weighted by Gasteiger charge is -2.50. The van der Waals surface area contributed by atoms with Gasteiger partial charge in [0, 0.05) is 17.1 Å². The van der Waals surface area contributed by atoms with Crippen LogP contribution in [0.2, 0.25) is 0 Å². The second-order valence-corrected chi connectivity index (χ2v) is 12.0. The minimum absolute atomic E-state index is 0.00636. The summed E-state index contributed by atoms with van der Waals surface area (Å²) in [6.45, 7) is 1.27. The van der Waals surface area contributed by atoms with Gasteiger partial charge in [0.25, 0.3) is 5.91 Å². The lowest BCUT2D eigenvalue weighted by atomic mass is 9.57. The molecule has 0 spiro atoms. The molecule has 11 heteroatoms. The summed E-state index contributed by atoms with van der Waals surface area (Å²) in [4.78, 5) is 54.3. The van der Waals surface area contributed by atoms with Crippen molar-refractivity contribution in [2.45, 2.75) is 38.0 Å². The molecular weight excluding hydrogens is 580 g/mol. The van der Waals surface area contributed by atoms with E-state index in [0.29, 0.717) is 28.0 Å². The number of nitrogens with zero attached hydrogens (tertiary/aromatic N) is 1. The molecule has 0 saturated heterocycles. The molecule has 0 aliphatic heterocycles. The minimum Gasteiger partial charge on any atom is -0.508 e. The lowest BCUT2D eigenvalue weighted by molar-refractivity contribution is -0.153. The van der Waals surface area contributed by atoms with Gasteiger partial charge in [0.05, 0.1) is 24.4 Å². The summed E-state index contributed by atoms with van der Waals surface area (Å²) in [5.41, 5.74) is -1.37. The first-order chi connectivity index (χ1) is 21.4. The van der Waals surface area contributed by atoms with Gasteiger partial charge in [-0.25, -0.2) is 0 Å². The first-order valence-electron chi connectivity index (χ1n) is 14.5. The van der Waals surface area contributed by atoms with Crippen molar-refractivity contribution in [3.05, 3.63) is 94.2 Å². The molecule has 1 fully saturated rings. The molecule has 0 bridgehead atoms. The van der Waals surface area contributed by atoms with Crippen LogP contribution in [0, 0.1) is 11.8 Å². The van der Waals surface area contributed by atoms with Crippen LogP contribution in [0.1, 0.15) is 40.6 Å². The molecule has 11 nitrogen and oxygen atoms in total. The lowest BCUT2D eigenvalue weighted by Crippen LogP contribution is -2.65. The summed E-state index contributed by atoms with van der Waals surface area (Å²) in [6, 6.07) is 12.2. The van der Waals surface area contributed by atoms with Crippen molar-refractivity contribution < 1.29 is 44.0 Å². The van der Waals surface area contributed by atoms with Crippen LogP contribution in [0.4, 0.5) is 0 Å². The first kappa shape index (κ1) is 30.0. The third-order valence-electron chi connectivity index (χ3n) is 9.15. The number of furan rings is 1. The van der Waals surface area contributed by atoms with Crippen molar-refractivity contribution in [2.75, 3.05) is 14.1 Å². The molecule has 232 valence electrons. The monoisotopic (exact) mass is 612 g/mol. The number of rotatable bonds is 6. The van der Waals surface area contributed by atoms with Crippen molar-refractivity contribution in [1.29, 1.82) is 0 Å². The Labute approximate surface area is 258 Å². The topological polar surface area (TPSA) is 178 Å². The van der Waals surface area contributed by atoms with Gasteiger partial charge in [-0.1, -0.05) is 18.2 Å². The average molecular weight is 613 g/mol. The molecule has 6 rings (SSSR count). The van der Waals surface area contributed by atoms with Gasteiger partial charge in [0.2, 0.25) is 5.78 Å². The van der Waals surface area contributed by atoms with Crippen LogP contribution in [0.5, 0.6) is 5.75 Å². The number of benzene rings is 2. The number of carbonyl (C=O) groups excluding carboxylic acids is 4. The molecule has 0 unspecified atom stereocenters. The fraction of sp³-hybridized carbons (Fsp3) is 0.294. The highest BCUT2D eigenvalue weighted by Gasteiger charge is 2.64. The third kappa shape index (κ3) is 4.58. The van der Waals surface area contributed by atoms with Crippen LogP contribution in [-0.2, 0) is 27.3 Å². The molecule has 0 radical (unpaired) electrons. The predicted molar refractivity (Wildman–Crippen MR) is 161 cm³/mol. The Morgan fingerprint density at radius 2 is 1.82 bits per heavy atom. The highest BCUT2D eigenvalue weighted by molar-refractivity contribution is 6.25. The molecule has 1 aromatic heterocycles. The molecule has 5 N–H and O–H groups in total. The first-order valence-corrected chi connectivity index (χ1v) is 14.5. The van der Waals surface area contributed by atoms with Crippen LogP contribution in [0.3, 0.4) is 0 Å². The molecule has 3 aromatic rings. The van der Waals surface area contributed by atoms with Gasteiger partial charge in [-0.05, 0) is 86.8 Å². The highest BCUT2D eigenvalue weighted by atomic mass is 16.3. The van der Waals surface area contributed by atoms with Gasteiger partial charge >= 0.3 is 0 Å². The maximum Gasteiger partial charge on any atom is 0.251 e. The van der Waals surface area contributed by atoms with E-state index in [-0.39, 0.29) is 42.2 Å². The fourth-order valence-corrected chi connectivity index (χ4v) is 7.13. The van der Waals surface area contributed by atoms with Crippen molar-refractivity contribution in [1.82, 2.24) is 10.2 Å². The van der Waals surface area contributed by atoms with Crippen molar-refractivity contribution >= 4 is 29.0 Å². The molecule has 2 aromatic carbocycles. The summed E-state index contributed by atoms with van der Waals surface area (Å²) in [5, 5.41) is 48.2. The Morgan fingerprint density at radius 3 is 2.49 bits per heavy atom. The largest absolute Gasteiger partial charge is 0.508 e. The Hall–Kier alpha value is -5.00. The quantitative estimate of drug-likeness (QED) is 0.260. The highest BCUT2D eigenvalue weighted by Crippen LogP contribution is 2.53. The van der Waals surface area contributed by atoms with Crippen LogP contribution in [0.15, 0.2) is 76.1 Å². The number of amides is 1. The molecule has 4 atom stereocenters. The van der Waals surface area contributed by atoms with Gasteiger partial charge in [-0.2, -0.15) is 0 Å². The number of aliphatic hydroxyl groups excluding tert-OH is 2. The third-order valence-corrected chi connectivity index (χ3v) is 9.15. The number of nitrogens with one attached hydrogen (secondary N) is 1. The Balaban J connectivity index is 1.44. The number of hydrogen-bond donors (Lipinski definition) is 5. The summed E-state index contributed by atoms with van der Waals surface area (Å²) in [5.74, 6) is -5.95. The zero-order valence-corrected chi connectivity index (χ0v) is 24.8. The number of phenolic OH excluding ortho intramolecular Hbond substituents is 1. The summed E-state index contributed by atoms with van der Waals surface area (Å²) in [7, 11) is 3.17. The van der Waals surface area contributed by atoms with Crippen molar-refractivity contribution in [2.24, 2.45) is 11.8 Å². The number of carbonyl (C=O) groups is 4. The summed E-state index contributed by atoms with van der Waals surface area (Å²) >= 11 is 0. The molecule has 1 heterocycles. The molecule has 1 amide bonds. The number of ketones is 3. The number of hydrogen-bond acceptors (Lipinski definition) is 10. The zero-order chi connectivity index (χ0) is 32.4. The summed E-state index contributed by atoms with van der Waals surface area (Å²) < 4.78 is 5.27. The number of fused-ring (bicyclic) bond motifs is 3. The predicted octanol–water partition coefficient (Wildman–Crippen LogP) is 3.26. The molecular formula is C34H32N2O9. The average Bonchev–Trinajstić information content (AvgIpc) is 3.51. The number of likely N-dealkylation sites (N-methyl/N-ethyl adjacent to an activating group) is 1. The number of aromatic hydroxyl groups is 1. The second-order valence-electron chi connectivity index (χ2n) is 12.0. The molecule has 3 aliphatic carbocycles. The van der Waals surface area contributed by atoms with Gasteiger partial charge in [-0.15, -0.1) is 0 Å². The van der Waals surface area contributed by atoms with Gasteiger partial charge < -0.3 is 30.2 Å². The zero-order valence-electron chi connectivity index (χ0n) is 24.8. The van der Waals surface area contributed by atoms with Gasteiger partial charge in [-0.3, -0.25) is 24.1 Å². The van der Waals surface area contributed by atoms with E-state index in [4.69, 9.17) is 4.42 Å². The van der Waals surface area contributed by atoms with Gasteiger partial charge in [0.15, 0.2) is 17.2 Å². The van der Waals surface area contributed by atoms with E-state index in [9.17, 15) is 39.6 Å². The molecule has 1 saturated carbocycles. The van der Waals surface area contributed by atoms with Crippen LogP contribution in [-0.4, -0.2) is 74.3 Å². The summed E-state index contributed by atoms with van der Waals surface area (Å²) in [6.07, 6.45) is 1.67. The maximum atomic E-state index is 14.1. The molecule has 45 heavy (non-hydrogen) atoms. The Bertz CT molecular complexity index is 1840. The number of aliphatic hydroxyl groups is 3. The van der Waals surface area contributed by atoms with Crippen LogP contribution in [0.25, 0.3) is 16.9 Å². The van der Waals surface area contributed by atoms with E-state index in [2.05, 4.69) is 5.32 Å². The van der Waals surface area contributed by atoms with E-state index in [1.165, 1.54) is 17.2 Å². The van der Waals surface area contributed by atoms with E-state index < -0.39 is 57.9 Å². The van der Waals surface area contributed by atoms with E-state index in [0.717, 1.165) is 6.92 Å². The smallest absolute Gasteiger partial charge is 0.251 e. The van der Waals surface area contributed by atoms with Crippen molar-refractivity contribution in [3.63, 3.8) is 0 Å². The Kier molecular flexibility index (Phi) is 7.25. The normalized spacial score (nSPS) is 24.3. The standard InChI is InChI=1S/C34H32N2O9/c1-16(37)25-30(40)28(36(2)3)23-14-19-13-22-21(17-6-4-7-18(12-17)33(43)35-15-20-8-5-11-45-20)9-10-24(38)27(22)29(39)26(19)32(42)34(23,44)31(25)41/h4-12,19,23,28,38-39,41,44H,13-15H2,1-3H3,(H,35,43)/t19-,23-,28-,34+/m0/s1. The minimum atomic E-state index is -2.63. The van der Waals surface area contributed by atoms with Crippen molar-refractivity contribution in [3.8, 4) is 16.9 Å². The fourth-order valence-electron chi connectivity index (χ4n) is 7.13. The molecule has 3 aliphatic rings. The van der Waals surface area contributed by atoms with Gasteiger partial charge in [0.1, 0.15) is 28.6 Å².